The highest BCUT2D eigenvalue weighted by Gasteiger charge is 2.25. The lowest BCUT2D eigenvalue weighted by Crippen LogP contribution is -2.30. The Hall–Kier alpha value is -0.750. The summed E-state index contributed by atoms with van der Waals surface area (Å²) in [5.41, 5.74) is 0. The van der Waals surface area contributed by atoms with Gasteiger partial charge in [0.05, 0.1) is 6.54 Å². The second-order valence-electron chi connectivity index (χ2n) is 2.82. The molecule has 0 aliphatic heterocycles. The monoisotopic (exact) mass is 236 g/mol. The Morgan fingerprint density at radius 1 is 1.27 bits per heavy atom. The van der Waals surface area contributed by atoms with Crippen molar-refractivity contribution in [1.82, 2.24) is 10.3 Å². The summed E-state index contributed by atoms with van der Waals surface area (Å²) in [6.07, 6.45) is -0.807. The topological polar surface area (TPSA) is 24.9 Å². The molecule has 6 heteroatoms. The van der Waals surface area contributed by atoms with Crippen LogP contribution in [0.15, 0.2) is 29.4 Å². The molecule has 0 aliphatic rings. The largest absolute Gasteiger partial charge is 0.401 e. The van der Waals surface area contributed by atoms with Crippen LogP contribution in [-0.2, 0) is 0 Å². The molecule has 0 atom stereocenters. The number of aromatic nitrogens is 1. The minimum absolute atomic E-state index is 0.340. The lowest BCUT2D eigenvalue weighted by atomic mass is 10.5. The molecule has 1 rings (SSSR count). The predicted octanol–water partition coefficient (Wildman–Crippen LogP) is 2.33. The Morgan fingerprint density at radius 2 is 1.93 bits per heavy atom. The third-order valence-electron chi connectivity index (χ3n) is 1.52. The van der Waals surface area contributed by atoms with Gasteiger partial charge in [-0.25, -0.2) is 0 Å². The second-order valence-corrected chi connectivity index (χ2v) is 3.99. The van der Waals surface area contributed by atoms with E-state index in [2.05, 4.69) is 10.3 Å². The zero-order chi connectivity index (χ0) is 11.1. The van der Waals surface area contributed by atoms with Crippen LogP contribution in [0.2, 0.25) is 0 Å². The first-order chi connectivity index (χ1) is 7.08. The summed E-state index contributed by atoms with van der Waals surface area (Å²) in [5, 5.41) is 2.33. The van der Waals surface area contributed by atoms with Crippen LogP contribution in [0.4, 0.5) is 13.2 Å². The van der Waals surface area contributed by atoms with Gasteiger partial charge in [0.15, 0.2) is 0 Å². The first-order valence-electron chi connectivity index (χ1n) is 4.38. The quantitative estimate of drug-likeness (QED) is 0.627. The first-order valence-corrected chi connectivity index (χ1v) is 5.37. The summed E-state index contributed by atoms with van der Waals surface area (Å²) in [6.45, 7) is -0.587. The molecular formula is C9H11F3N2S. The van der Waals surface area contributed by atoms with Gasteiger partial charge in [-0.2, -0.15) is 13.2 Å². The Bertz CT molecular complexity index is 276. The molecule has 0 saturated carbocycles. The molecule has 1 aromatic heterocycles. The molecule has 1 heterocycles. The van der Waals surface area contributed by atoms with Crippen molar-refractivity contribution in [1.29, 1.82) is 0 Å². The highest BCUT2D eigenvalue weighted by molar-refractivity contribution is 7.99. The molecule has 0 fully saturated rings. The van der Waals surface area contributed by atoms with Crippen LogP contribution in [0, 0.1) is 0 Å². The Kier molecular flexibility index (Phi) is 4.90. The number of alkyl halides is 3. The summed E-state index contributed by atoms with van der Waals surface area (Å²) in [5.74, 6) is 0.611. The van der Waals surface area contributed by atoms with Gasteiger partial charge in [-0.05, 0) is 12.1 Å². The van der Waals surface area contributed by atoms with Gasteiger partial charge >= 0.3 is 6.18 Å². The summed E-state index contributed by atoms with van der Waals surface area (Å²) < 4.78 is 35.2. The van der Waals surface area contributed by atoms with Gasteiger partial charge in [0.1, 0.15) is 0 Å². The number of thioether (sulfide) groups is 1. The molecule has 15 heavy (non-hydrogen) atoms. The zero-order valence-corrected chi connectivity index (χ0v) is 8.74. The normalized spacial score (nSPS) is 11.7. The fourth-order valence-corrected chi connectivity index (χ4v) is 1.70. The second kappa shape index (κ2) is 5.97. The fourth-order valence-electron chi connectivity index (χ4n) is 0.906. The van der Waals surface area contributed by atoms with Crippen LogP contribution in [0.3, 0.4) is 0 Å². The number of nitrogens with one attached hydrogen (secondary N) is 1. The SMILES string of the molecule is FC(F)(F)CNCCSc1ccncc1. The van der Waals surface area contributed by atoms with E-state index in [1.54, 1.807) is 12.4 Å². The third kappa shape index (κ3) is 6.35. The van der Waals surface area contributed by atoms with Crippen molar-refractivity contribution in [3.05, 3.63) is 24.5 Å². The molecule has 0 aliphatic carbocycles. The summed E-state index contributed by atoms with van der Waals surface area (Å²) in [7, 11) is 0. The first kappa shape index (κ1) is 12.3. The summed E-state index contributed by atoms with van der Waals surface area (Å²) in [4.78, 5) is 4.86. The van der Waals surface area contributed by atoms with Crippen molar-refractivity contribution in [3.63, 3.8) is 0 Å². The molecule has 0 amide bonds. The van der Waals surface area contributed by atoms with Crippen LogP contribution in [0.5, 0.6) is 0 Å². The number of nitrogens with zero attached hydrogens (tertiary/aromatic N) is 1. The van der Waals surface area contributed by atoms with Crippen LogP contribution in [0.1, 0.15) is 0 Å². The molecule has 84 valence electrons. The van der Waals surface area contributed by atoms with Gasteiger partial charge in [-0.1, -0.05) is 0 Å². The Balaban J connectivity index is 2.08. The van der Waals surface area contributed by atoms with Gasteiger partial charge in [0.2, 0.25) is 0 Å². The molecule has 2 nitrogen and oxygen atoms in total. The maximum Gasteiger partial charge on any atom is 0.401 e. The van der Waals surface area contributed by atoms with Crippen LogP contribution in [0.25, 0.3) is 0 Å². The van der Waals surface area contributed by atoms with E-state index in [1.807, 2.05) is 12.1 Å². The van der Waals surface area contributed by atoms with Gasteiger partial charge in [0.25, 0.3) is 0 Å². The Labute approximate surface area is 90.3 Å². The fraction of sp³-hybridized carbons (Fsp3) is 0.444. The predicted molar refractivity (Wildman–Crippen MR) is 53.9 cm³/mol. The van der Waals surface area contributed by atoms with E-state index in [-0.39, 0.29) is 0 Å². The van der Waals surface area contributed by atoms with Crippen LogP contribution < -0.4 is 5.32 Å². The number of pyridine rings is 1. The van der Waals surface area contributed by atoms with E-state index in [0.717, 1.165) is 4.90 Å². The molecule has 0 aromatic carbocycles. The molecular weight excluding hydrogens is 225 g/mol. The van der Waals surface area contributed by atoms with Crippen molar-refractivity contribution in [2.24, 2.45) is 0 Å². The van der Waals surface area contributed by atoms with Gasteiger partial charge in [-0.3, -0.25) is 4.98 Å². The van der Waals surface area contributed by atoms with E-state index in [0.29, 0.717) is 12.3 Å². The van der Waals surface area contributed by atoms with Crippen molar-refractivity contribution < 1.29 is 13.2 Å². The van der Waals surface area contributed by atoms with Gasteiger partial charge in [0, 0.05) is 29.6 Å². The molecule has 1 aromatic rings. The lowest BCUT2D eigenvalue weighted by molar-refractivity contribution is -0.124. The molecule has 0 bridgehead atoms. The highest BCUT2D eigenvalue weighted by atomic mass is 32.2. The van der Waals surface area contributed by atoms with Crippen LogP contribution >= 0.6 is 11.8 Å². The number of rotatable bonds is 5. The number of hydrogen-bond acceptors (Lipinski definition) is 3. The van der Waals surface area contributed by atoms with E-state index >= 15 is 0 Å². The van der Waals surface area contributed by atoms with Crippen molar-refractivity contribution in [2.45, 2.75) is 11.1 Å². The molecule has 0 radical (unpaired) electrons. The van der Waals surface area contributed by atoms with E-state index in [1.165, 1.54) is 11.8 Å². The molecule has 1 N–H and O–H groups in total. The molecule has 0 spiro atoms. The number of hydrogen-bond donors (Lipinski definition) is 1. The average molecular weight is 236 g/mol. The minimum Gasteiger partial charge on any atom is -0.308 e. The summed E-state index contributed by atoms with van der Waals surface area (Å²) in [6, 6.07) is 3.66. The van der Waals surface area contributed by atoms with Crippen molar-refractivity contribution in [3.8, 4) is 0 Å². The van der Waals surface area contributed by atoms with Gasteiger partial charge < -0.3 is 5.32 Å². The average Bonchev–Trinajstić information content (AvgIpc) is 2.17. The van der Waals surface area contributed by atoms with E-state index in [9.17, 15) is 13.2 Å². The smallest absolute Gasteiger partial charge is 0.308 e. The van der Waals surface area contributed by atoms with Gasteiger partial charge in [-0.15, -0.1) is 11.8 Å². The zero-order valence-electron chi connectivity index (χ0n) is 7.92. The maximum absolute atomic E-state index is 11.7. The summed E-state index contributed by atoms with van der Waals surface area (Å²) >= 11 is 1.50. The van der Waals surface area contributed by atoms with Crippen molar-refractivity contribution in [2.75, 3.05) is 18.8 Å². The maximum atomic E-state index is 11.7. The molecule has 0 saturated heterocycles. The lowest BCUT2D eigenvalue weighted by Gasteiger charge is -2.07. The highest BCUT2D eigenvalue weighted by Crippen LogP contribution is 2.15. The number of halogens is 3. The van der Waals surface area contributed by atoms with E-state index in [4.69, 9.17) is 0 Å². The van der Waals surface area contributed by atoms with E-state index < -0.39 is 12.7 Å². The Morgan fingerprint density at radius 3 is 2.53 bits per heavy atom. The minimum atomic E-state index is -4.12. The third-order valence-corrected chi connectivity index (χ3v) is 2.54. The van der Waals surface area contributed by atoms with Crippen molar-refractivity contribution >= 4 is 11.8 Å². The van der Waals surface area contributed by atoms with Crippen LogP contribution in [-0.4, -0.2) is 30.0 Å². The molecule has 0 unspecified atom stereocenters. The standard InChI is InChI=1S/C9H11F3N2S/c10-9(11,12)7-14-5-6-15-8-1-3-13-4-2-8/h1-4,14H,5-7H2.